The molecule has 0 saturated heterocycles. The van der Waals surface area contributed by atoms with Gasteiger partial charge in [-0.3, -0.25) is 0 Å². The van der Waals surface area contributed by atoms with Crippen molar-refractivity contribution in [1.82, 2.24) is 0 Å². The summed E-state index contributed by atoms with van der Waals surface area (Å²) < 4.78 is 13.3. The molecule has 0 atom stereocenters. The molecule has 0 aliphatic heterocycles. The predicted octanol–water partition coefficient (Wildman–Crippen LogP) is 2.95. The molecule has 0 unspecified atom stereocenters. The summed E-state index contributed by atoms with van der Waals surface area (Å²) in [5.41, 5.74) is 0.441. The second kappa shape index (κ2) is 4.64. The molecule has 0 fully saturated rings. The second-order valence-electron chi connectivity index (χ2n) is 2.38. The summed E-state index contributed by atoms with van der Waals surface area (Å²) in [6.45, 7) is 0. The predicted molar refractivity (Wildman–Crippen MR) is 50.9 cm³/mol. The Hall–Kier alpha value is -1.33. The summed E-state index contributed by atoms with van der Waals surface area (Å²) in [4.78, 5) is 0. The summed E-state index contributed by atoms with van der Waals surface area (Å²) in [5.74, 6) is -0.165. The van der Waals surface area contributed by atoms with Gasteiger partial charge in [-0.2, -0.15) is 5.26 Å². The summed E-state index contributed by atoms with van der Waals surface area (Å²) in [6.07, 6.45) is 3.18. The van der Waals surface area contributed by atoms with Crippen LogP contribution in [-0.2, 0) is 0 Å². The van der Waals surface area contributed by atoms with Crippen LogP contribution in [0.5, 0.6) is 0 Å². The van der Waals surface area contributed by atoms with E-state index in [0.29, 0.717) is 11.4 Å². The van der Waals surface area contributed by atoms with Gasteiger partial charge < -0.3 is 0 Å². The van der Waals surface area contributed by atoms with E-state index < -0.39 is 5.82 Å². The van der Waals surface area contributed by atoms with Crippen LogP contribution in [0.3, 0.4) is 0 Å². The third-order valence-corrected chi connectivity index (χ3v) is 1.71. The first-order valence-corrected chi connectivity index (χ1v) is 4.24. The number of hydrogen-bond acceptors (Lipinski definition) is 1. The van der Waals surface area contributed by atoms with Gasteiger partial charge in [0.05, 0.1) is 5.56 Å². The van der Waals surface area contributed by atoms with Crippen LogP contribution in [0.2, 0.25) is 0 Å². The highest BCUT2D eigenvalue weighted by Gasteiger charge is 2.03. The second-order valence-corrected chi connectivity index (χ2v) is 2.69. The van der Waals surface area contributed by atoms with E-state index in [9.17, 15) is 4.39 Å². The van der Waals surface area contributed by atoms with Crippen molar-refractivity contribution in [3.63, 3.8) is 0 Å². The molecule has 66 valence electrons. The lowest BCUT2D eigenvalue weighted by atomic mass is 10.1. The molecular formula is C10H7ClFN. The van der Waals surface area contributed by atoms with Crippen LogP contribution in [0, 0.1) is 17.1 Å². The van der Waals surface area contributed by atoms with Crippen LogP contribution in [0.1, 0.15) is 11.1 Å². The molecule has 1 aromatic carbocycles. The topological polar surface area (TPSA) is 23.8 Å². The zero-order chi connectivity index (χ0) is 9.68. The van der Waals surface area contributed by atoms with Crippen LogP contribution < -0.4 is 0 Å². The van der Waals surface area contributed by atoms with Crippen molar-refractivity contribution in [3.05, 3.63) is 41.2 Å². The van der Waals surface area contributed by atoms with Gasteiger partial charge in [0.15, 0.2) is 0 Å². The quantitative estimate of drug-likeness (QED) is 0.666. The zero-order valence-corrected chi connectivity index (χ0v) is 7.55. The number of halogens is 2. The van der Waals surface area contributed by atoms with E-state index in [1.165, 1.54) is 6.07 Å². The van der Waals surface area contributed by atoms with Gasteiger partial charge in [0, 0.05) is 11.4 Å². The lowest BCUT2D eigenvalue weighted by Crippen LogP contribution is -1.87. The van der Waals surface area contributed by atoms with Crippen molar-refractivity contribution < 1.29 is 4.39 Å². The van der Waals surface area contributed by atoms with Crippen molar-refractivity contribution in [1.29, 1.82) is 5.26 Å². The van der Waals surface area contributed by atoms with Crippen LogP contribution in [0.15, 0.2) is 24.3 Å². The lowest BCUT2D eigenvalue weighted by Gasteiger charge is -1.97. The molecule has 0 spiro atoms. The molecule has 1 aromatic rings. The molecular weight excluding hydrogens is 189 g/mol. The van der Waals surface area contributed by atoms with Gasteiger partial charge >= 0.3 is 0 Å². The minimum absolute atomic E-state index is 0.0525. The van der Waals surface area contributed by atoms with Crippen molar-refractivity contribution in [3.8, 4) is 6.07 Å². The first-order chi connectivity index (χ1) is 6.29. The molecule has 1 rings (SSSR count). The maximum atomic E-state index is 13.3. The first kappa shape index (κ1) is 9.76. The van der Waals surface area contributed by atoms with E-state index in [-0.39, 0.29) is 5.56 Å². The Morgan fingerprint density at radius 2 is 2.31 bits per heavy atom. The Morgan fingerprint density at radius 1 is 1.54 bits per heavy atom. The number of nitrogens with zero attached hydrogens (tertiary/aromatic N) is 1. The fraction of sp³-hybridized carbons (Fsp3) is 0.100. The lowest BCUT2D eigenvalue weighted by molar-refractivity contribution is 0.621. The maximum Gasteiger partial charge on any atom is 0.148 e. The fourth-order valence-corrected chi connectivity index (χ4v) is 1.03. The highest BCUT2D eigenvalue weighted by molar-refractivity contribution is 6.19. The average molecular weight is 196 g/mol. The van der Waals surface area contributed by atoms with Crippen LogP contribution >= 0.6 is 11.6 Å². The van der Waals surface area contributed by atoms with E-state index in [0.717, 1.165) is 0 Å². The third-order valence-electron chi connectivity index (χ3n) is 1.54. The largest absolute Gasteiger partial charge is 0.205 e. The average Bonchev–Trinajstić information content (AvgIpc) is 2.16. The summed E-state index contributed by atoms with van der Waals surface area (Å²) in [7, 11) is 0. The zero-order valence-electron chi connectivity index (χ0n) is 6.80. The minimum atomic E-state index is -0.494. The van der Waals surface area contributed by atoms with Crippen molar-refractivity contribution in [2.45, 2.75) is 0 Å². The Morgan fingerprint density at radius 3 is 2.92 bits per heavy atom. The summed E-state index contributed by atoms with van der Waals surface area (Å²) >= 11 is 5.40. The molecule has 3 heteroatoms. The molecule has 0 bridgehead atoms. The molecule has 0 aliphatic rings. The highest BCUT2D eigenvalue weighted by Crippen LogP contribution is 2.13. The Kier molecular flexibility index (Phi) is 3.48. The van der Waals surface area contributed by atoms with E-state index in [1.54, 1.807) is 30.4 Å². The molecule has 13 heavy (non-hydrogen) atoms. The molecule has 0 saturated carbocycles. The first-order valence-electron chi connectivity index (χ1n) is 3.70. The Balaban J connectivity index is 3.10. The monoisotopic (exact) mass is 195 g/mol. The maximum absolute atomic E-state index is 13.3. The number of rotatable bonds is 2. The SMILES string of the molecule is N#Cc1cccc(C=CCCl)c1F. The van der Waals surface area contributed by atoms with Gasteiger partial charge in [0.25, 0.3) is 0 Å². The molecule has 0 aromatic heterocycles. The van der Waals surface area contributed by atoms with Gasteiger partial charge in [0.1, 0.15) is 11.9 Å². The smallest absolute Gasteiger partial charge is 0.148 e. The van der Waals surface area contributed by atoms with Gasteiger partial charge in [-0.15, -0.1) is 11.6 Å². The van der Waals surface area contributed by atoms with E-state index in [1.807, 2.05) is 0 Å². The minimum Gasteiger partial charge on any atom is -0.205 e. The molecule has 0 radical (unpaired) electrons. The Bertz CT molecular complexity index is 366. The summed E-state index contributed by atoms with van der Waals surface area (Å²) in [5, 5.41) is 8.53. The van der Waals surface area contributed by atoms with Crippen molar-refractivity contribution >= 4 is 17.7 Å². The van der Waals surface area contributed by atoms with Gasteiger partial charge in [-0.1, -0.05) is 24.3 Å². The molecule has 0 heterocycles. The number of allylic oxidation sites excluding steroid dienone is 1. The van der Waals surface area contributed by atoms with Crippen LogP contribution in [-0.4, -0.2) is 5.88 Å². The van der Waals surface area contributed by atoms with Crippen molar-refractivity contribution in [2.75, 3.05) is 5.88 Å². The number of nitriles is 1. The standard InChI is InChI=1S/C10H7ClFN/c11-6-2-5-8-3-1-4-9(7-13)10(8)12/h1-5H,6H2. The summed E-state index contributed by atoms with van der Waals surface area (Å²) in [6, 6.07) is 6.44. The van der Waals surface area contributed by atoms with E-state index in [4.69, 9.17) is 16.9 Å². The van der Waals surface area contributed by atoms with E-state index in [2.05, 4.69) is 0 Å². The fourth-order valence-electron chi connectivity index (χ4n) is 0.936. The molecule has 1 nitrogen and oxygen atoms in total. The molecule has 0 amide bonds. The molecule has 0 N–H and O–H groups in total. The third kappa shape index (κ3) is 2.30. The normalized spacial score (nSPS) is 10.2. The number of hydrogen-bond donors (Lipinski definition) is 0. The number of alkyl halides is 1. The van der Waals surface area contributed by atoms with E-state index >= 15 is 0 Å². The van der Waals surface area contributed by atoms with Gasteiger partial charge in [-0.25, -0.2) is 4.39 Å². The van der Waals surface area contributed by atoms with Crippen LogP contribution in [0.4, 0.5) is 4.39 Å². The van der Waals surface area contributed by atoms with Crippen molar-refractivity contribution in [2.24, 2.45) is 0 Å². The highest BCUT2D eigenvalue weighted by atomic mass is 35.5. The number of benzene rings is 1. The van der Waals surface area contributed by atoms with Crippen LogP contribution in [0.25, 0.3) is 6.08 Å². The Labute approximate surface area is 81.1 Å². The van der Waals surface area contributed by atoms with Gasteiger partial charge in [0.2, 0.25) is 0 Å². The van der Waals surface area contributed by atoms with Gasteiger partial charge in [-0.05, 0) is 6.07 Å². The molecule has 0 aliphatic carbocycles.